The van der Waals surface area contributed by atoms with Gasteiger partial charge in [-0.25, -0.2) is 4.98 Å². The summed E-state index contributed by atoms with van der Waals surface area (Å²) in [6, 6.07) is 49.2. The first-order valence-corrected chi connectivity index (χ1v) is 14.6. The summed E-state index contributed by atoms with van der Waals surface area (Å²) in [5, 5.41) is 0. The summed E-state index contributed by atoms with van der Waals surface area (Å²) >= 11 is 0. The topological polar surface area (TPSA) is 34.7 Å². The molecule has 43 heavy (non-hydrogen) atoms. The third-order valence-corrected chi connectivity index (χ3v) is 8.97. The highest BCUT2D eigenvalue weighted by Gasteiger charge is 2.43. The minimum Gasteiger partial charge on any atom is -0.456 e. The number of benzene rings is 6. The largest absolute Gasteiger partial charge is 0.456 e. The van der Waals surface area contributed by atoms with Gasteiger partial charge in [-0.1, -0.05) is 78.9 Å². The maximum absolute atomic E-state index is 6.97. The fourth-order valence-electron chi connectivity index (χ4n) is 7.24. The molecule has 6 heteroatoms. The number of hydrogen-bond donors (Lipinski definition) is 0. The smallest absolute Gasteiger partial charge is 0.256 e. The zero-order chi connectivity index (χ0) is 28.1. The number of nitrogens with zero attached hydrogens (tertiary/aromatic N) is 4. The van der Waals surface area contributed by atoms with Crippen molar-refractivity contribution in [1.29, 1.82) is 0 Å². The lowest BCUT2D eigenvalue weighted by Crippen LogP contribution is -2.59. The van der Waals surface area contributed by atoms with Crippen molar-refractivity contribution in [3.63, 3.8) is 0 Å². The van der Waals surface area contributed by atoms with Gasteiger partial charge in [0.25, 0.3) is 6.71 Å². The van der Waals surface area contributed by atoms with Crippen LogP contribution in [0, 0.1) is 0 Å². The first kappa shape index (κ1) is 22.9. The standard InChI is InChI=1S/C37H23BN4O/c1-2-12-24(13-3-1)40-28-17-7-4-14-25(28)38-26-15-5-11-21-34(26)43-36-33(23-22-32(40)35(36)38)42-31-20-10-9-19-30(31)41-29-18-8-6-16-27(29)39-37(41)42/h1-23H. The molecule has 6 aromatic carbocycles. The first-order chi connectivity index (χ1) is 21.4. The molecule has 0 aliphatic carbocycles. The van der Waals surface area contributed by atoms with E-state index in [1.807, 2.05) is 6.07 Å². The molecular weight excluding hydrogens is 527 g/mol. The van der Waals surface area contributed by atoms with Gasteiger partial charge in [0, 0.05) is 17.1 Å². The Balaban J connectivity index is 1.34. The molecule has 2 aliphatic heterocycles. The van der Waals surface area contributed by atoms with Gasteiger partial charge in [-0.05, 0) is 77.1 Å². The molecule has 0 radical (unpaired) electrons. The molecule has 0 N–H and O–H groups in total. The highest BCUT2D eigenvalue weighted by Crippen LogP contribution is 2.43. The van der Waals surface area contributed by atoms with E-state index in [2.05, 4.69) is 147 Å². The second-order valence-corrected chi connectivity index (χ2v) is 11.2. The van der Waals surface area contributed by atoms with Gasteiger partial charge >= 0.3 is 0 Å². The Kier molecular flexibility index (Phi) is 4.47. The molecule has 0 fully saturated rings. The van der Waals surface area contributed by atoms with Crippen molar-refractivity contribution in [2.24, 2.45) is 0 Å². The van der Waals surface area contributed by atoms with Gasteiger partial charge in [0.1, 0.15) is 11.5 Å². The predicted molar refractivity (Wildman–Crippen MR) is 175 cm³/mol. The minimum atomic E-state index is 0.0303. The summed E-state index contributed by atoms with van der Waals surface area (Å²) in [6.07, 6.45) is 0. The number of ether oxygens (including phenoxy) is 1. The second kappa shape index (κ2) is 8.40. The minimum absolute atomic E-state index is 0.0303. The molecule has 10 rings (SSSR count). The highest BCUT2D eigenvalue weighted by molar-refractivity contribution is 6.99. The zero-order valence-electron chi connectivity index (χ0n) is 23.1. The Morgan fingerprint density at radius 1 is 0.535 bits per heavy atom. The molecule has 2 aromatic heterocycles. The summed E-state index contributed by atoms with van der Waals surface area (Å²) in [5.41, 5.74) is 12.3. The highest BCUT2D eigenvalue weighted by atomic mass is 16.5. The van der Waals surface area contributed by atoms with Crippen LogP contribution in [0.15, 0.2) is 140 Å². The van der Waals surface area contributed by atoms with Crippen LogP contribution in [0.1, 0.15) is 0 Å². The van der Waals surface area contributed by atoms with Crippen LogP contribution in [-0.2, 0) is 0 Å². The quantitative estimate of drug-likeness (QED) is 0.221. The van der Waals surface area contributed by atoms with E-state index in [1.165, 1.54) is 22.1 Å². The van der Waals surface area contributed by atoms with Crippen LogP contribution in [0.4, 0.5) is 17.1 Å². The molecule has 200 valence electrons. The number of fused-ring (bicyclic) bond motifs is 9. The molecule has 0 unspecified atom stereocenters. The maximum atomic E-state index is 6.97. The van der Waals surface area contributed by atoms with Crippen molar-refractivity contribution in [2.75, 3.05) is 4.90 Å². The van der Waals surface area contributed by atoms with E-state index in [-0.39, 0.29) is 6.71 Å². The van der Waals surface area contributed by atoms with Crippen molar-refractivity contribution in [2.45, 2.75) is 0 Å². The molecule has 0 spiro atoms. The first-order valence-electron chi connectivity index (χ1n) is 14.6. The van der Waals surface area contributed by atoms with E-state index in [1.54, 1.807) is 0 Å². The van der Waals surface area contributed by atoms with Crippen molar-refractivity contribution in [3.05, 3.63) is 140 Å². The van der Waals surface area contributed by atoms with Gasteiger partial charge < -0.3 is 9.64 Å². The van der Waals surface area contributed by atoms with Gasteiger partial charge in [-0.2, -0.15) is 0 Å². The summed E-state index contributed by atoms with van der Waals surface area (Å²) in [4.78, 5) is 7.53. The number of para-hydroxylation sites is 7. The van der Waals surface area contributed by atoms with E-state index in [4.69, 9.17) is 9.72 Å². The maximum Gasteiger partial charge on any atom is 0.256 e. The van der Waals surface area contributed by atoms with Crippen molar-refractivity contribution in [1.82, 2.24) is 14.0 Å². The van der Waals surface area contributed by atoms with Crippen molar-refractivity contribution in [3.8, 4) is 17.2 Å². The number of rotatable bonds is 2. The van der Waals surface area contributed by atoms with Crippen LogP contribution in [-0.4, -0.2) is 20.7 Å². The third-order valence-electron chi connectivity index (χ3n) is 8.97. The number of anilines is 3. The Morgan fingerprint density at radius 3 is 2.09 bits per heavy atom. The average Bonchev–Trinajstić information content (AvgIpc) is 3.60. The molecule has 0 saturated heterocycles. The molecule has 0 saturated carbocycles. The van der Waals surface area contributed by atoms with E-state index >= 15 is 0 Å². The van der Waals surface area contributed by atoms with E-state index in [0.29, 0.717) is 0 Å². The average molecular weight is 550 g/mol. The summed E-state index contributed by atoms with van der Waals surface area (Å²) < 4.78 is 11.5. The van der Waals surface area contributed by atoms with Crippen LogP contribution >= 0.6 is 0 Å². The lowest BCUT2D eigenvalue weighted by Gasteiger charge is -2.40. The van der Waals surface area contributed by atoms with Crippen LogP contribution in [0.3, 0.4) is 0 Å². The summed E-state index contributed by atoms with van der Waals surface area (Å²) in [6.45, 7) is 0.0303. The molecule has 2 aliphatic rings. The Bertz CT molecular complexity index is 2410. The molecule has 0 atom stereocenters. The normalized spacial score (nSPS) is 13.2. The Hall–Kier alpha value is -5.75. The van der Waals surface area contributed by atoms with Gasteiger partial charge in [0.15, 0.2) is 0 Å². The van der Waals surface area contributed by atoms with Crippen molar-refractivity contribution >= 4 is 68.0 Å². The Morgan fingerprint density at radius 2 is 1.21 bits per heavy atom. The fourth-order valence-corrected chi connectivity index (χ4v) is 7.24. The molecule has 0 bridgehead atoms. The molecule has 4 heterocycles. The van der Waals surface area contributed by atoms with Crippen LogP contribution in [0.2, 0.25) is 0 Å². The van der Waals surface area contributed by atoms with Gasteiger partial charge in [-0.15, -0.1) is 0 Å². The van der Waals surface area contributed by atoms with Gasteiger partial charge in [0.05, 0.1) is 27.8 Å². The van der Waals surface area contributed by atoms with Gasteiger partial charge in [-0.3, -0.25) is 8.97 Å². The number of aromatic nitrogens is 3. The van der Waals surface area contributed by atoms with Crippen LogP contribution in [0.5, 0.6) is 11.5 Å². The lowest BCUT2D eigenvalue weighted by atomic mass is 9.34. The summed E-state index contributed by atoms with van der Waals surface area (Å²) in [5.74, 6) is 2.63. The Labute approximate surface area is 247 Å². The predicted octanol–water partition coefficient (Wildman–Crippen LogP) is 6.84. The number of hydrogen-bond acceptors (Lipinski definition) is 3. The molecule has 5 nitrogen and oxygen atoms in total. The molecule has 8 aromatic rings. The van der Waals surface area contributed by atoms with Crippen LogP contribution in [0.25, 0.3) is 33.5 Å². The van der Waals surface area contributed by atoms with E-state index in [9.17, 15) is 0 Å². The number of imidazole rings is 2. The summed E-state index contributed by atoms with van der Waals surface area (Å²) in [7, 11) is 0. The molecular formula is C37H23BN4O. The van der Waals surface area contributed by atoms with Gasteiger partial charge in [0.2, 0.25) is 5.78 Å². The van der Waals surface area contributed by atoms with E-state index < -0.39 is 0 Å². The van der Waals surface area contributed by atoms with Crippen molar-refractivity contribution < 1.29 is 4.74 Å². The zero-order valence-corrected chi connectivity index (χ0v) is 23.1. The molecule has 0 amide bonds. The van der Waals surface area contributed by atoms with E-state index in [0.717, 1.165) is 56.4 Å². The third kappa shape index (κ3) is 2.99. The lowest BCUT2D eigenvalue weighted by molar-refractivity contribution is 0.485. The van der Waals surface area contributed by atoms with Crippen LogP contribution < -0.4 is 26.0 Å². The monoisotopic (exact) mass is 550 g/mol. The SMILES string of the molecule is c1ccc(N2c3ccccc3B3c4ccccc4Oc4c(-n5c6ccccc6n6c7ccccc7nc56)ccc2c43)cc1. The fraction of sp³-hybridized carbons (Fsp3) is 0. The second-order valence-electron chi connectivity index (χ2n) is 11.2.